The van der Waals surface area contributed by atoms with Gasteiger partial charge in [0.1, 0.15) is 6.10 Å². The molecule has 0 amide bonds. The Labute approximate surface area is 108 Å². The third-order valence-electron chi connectivity index (χ3n) is 3.36. The Bertz CT molecular complexity index is 558. The van der Waals surface area contributed by atoms with Gasteiger partial charge in [0, 0.05) is 6.54 Å². The standard InChI is InChI=1S/C15H20N2O/c1-5-17-14(9-12(4)16-17)15(18)13-7-6-10(2)11(3)8-13/h6-9,15,18H,5H2,1-4H3. The van der Waals surface area contributed by atoms with Crippen molar-refractivity contribution in [3.8, 4) is 0 Å². The van der Waals surface area contributed by atoms with Crippen molar-refractivity contribution in [1.29, 1.82) is 0 Å². The molecule has 0 fully saturated rings. The van der Waals surface area contributed by atoms with Gasteiger partial charge < -0.3 is 5.11 Å². The molecule has 96 valence electrons. The predicted molar refractivity (Wildman–Crippen MR) is 72.6 cm³/mol. The first-order valence-electron chi connectivity index (χ1n) is 6.32. The van der Waals surface area contributed by atoms with E-state index in [-0.39, 0.29) is 0 Å². The van der Waals surface area contributed by atoms with Gasteiger partial charge in [-0.2, -0.15) is 5.10 Å². The second-order valence-electron chi connectivity index (χ2n) is 4.77. The van der Waals surface area contributed by atoms with Crippen molar-refractivity contribution in [2.24, 2.45) is 0 Å². The van der Waals surface area contributed by atoms with Crippen molar-refractivity contribution >= 4 is 0 Å². The highest BCUT2D eigenvalue weighted by Gasteiger charge is 2.16. The lowest BCUT2D eigenvalue weighted by molar-refractivity contribution is 0.208. The fraction of sp³-hybridized carbons (Fsp3) is 0.400. The number of aryl methyl sites for hydroxylation is 4. The molecule has 1 heterocycles. The van der Waals surface area contributed by atoms with Crippen LogP contribution in [0.1, 0.15) is 41.1 Å². The SMILES string of the molecule is CCn1nc(C)cc1C(O)c1ccc(C)c(C)c1. The van der Waals surface area contributed by atoms with Crippen LogP contribution in [-0.2, 0) is 6.54 Å². The van der Waals surface area contributed by atoms with E-state index >= 15 is 0 Å². The normalized spacial score (nSPS) is 12.7. The minimum absolute atomic E-state index is 0.606. The summed E-state index contributed by atoms with van der Waals surface area (Å²) in [4.78, 5) is 0. The minimum Gasteiger partial charge on any atom is -0.382 e. The van der Waals surface area contributed by atoms with E-state index in [4.69, 9.17) is 0 Å². The van der Waals surface area contributed by atoms with Crippen LogP contribution in [0, 0.1) is 20.8 Å². The van der Waals surface area contributed by atoms with Gasteiger partial charge in [0.05, 0.1) is 11.4 Å². The van der Waals surface area contributed by atoms with Gasteiger partial charge in [0.25, 0.3) is 0 Å². The predicted octanol–water partition coefficient (Wildman–Crippen LogP) is 2.91. The van der Waals surface area contributed by atoms with Gasteiger partial charge in [-0.1, -0.05) is 18.2 Å². The maximum absolute atomic E-state index is 10.5. The molecule has 1 N–H and O–H groups in total. The molecular weight excluding hydrogens is 224 g/mol. The Hall–Kier alpha value is -1.61. The number of benzene rings is 1. The van der Waals surface area contributed by atoms with E-state index in [2.05, 4.69) is 18.9 Å². The first kappa shape index (κ1) is 12.8. The van der Waals surface area contributed by atoms with Gasteiger partial charge in [0.2, 0.25) is 0 Å². The number of hydrogen-bond acceptors (Lipinski definition) is 2. The van der Waals surface area contributed by atoms with Crippen molar-refractivity contribution < 1.29 is 5.11 Å². The topological polar surface area (TPSA) is 38.0 Å². The number of hydrogen-bond donors (Lipinski definition) is 1. The summed E-state index contributed by atoms with van der Waals surface area (Å²) < 4.78 is 1.86. The summed E-state index contributed by atoms with van der Waals surface area (Å²) in [5, 5.41) is 14.8. The van der Waals surface area contributed by atoms with Gasteiger partial charge in [0.15, 0.2) is 0 Å². The third-order valence-corrected chi connectivity index (χ3v) is 3.36. The second kappa shape index (κ2) is 4.94. The summed E-state index contributed by atoms with van der Waals surface area (Å²) in [7, 11) is 0. The Kier molecular flexibility index (Phi) is 3.53. The van der Waals surface area contributed by atoms with Gasteiger partial charge in [-0.05, 0) is 50.5 Å². The fourth-order valence-corrected chi connectivity index (χ4v) is 2.14. The molecule has 1 aromatic carbocycles. The summed E-state index contributed by atoms with van der Waals surface area (Å²) in [6.07, 6.45) is -0.606. The summed E-state index contributed by atoms with van der Waals surface area (Å²) in [6, 6.07) is 8.02. The second-order valence-corrected chi connectivity index (χ2v) is 4.77. The van der Waals surface area contributed by atoms with E-state index in [0.29, 0.717) is 0 Å². The molecule has 0 aliphatic rings. The monoisotopic (exact) mass is 244 g/mol. The molecule has 3 heteroatoms. The number of aliphatic hydroxyl groups excluding tert-OH is 1. The molecule has 0 aliphatic heterocycles. The Morgan fingerprint density at radius 3 is 2.50 bits per heavy atom. The van der Waals surface area contributed by atoms with Gasteiger partial charge in [-0.25, -0.2) is 0 Å². The van der Waals surface area contributed by atoms with Crippen molar-refractivity contribution in [1.82, 2.24) is 9.78 Å². The first-order chi connectivity index (χ1) is 8.52. The molecule has 2 rings (SSSR count). The zero-order valence-electron chi connectivity index (χ0n) is 11.4. The number of rotatable bonds is 3. The Morgan fingerprint density at radius 1 is 1.17 bits per heavy atom. The van der Waals surface area contributed by atoms with Crippen molar-refractivity contribution in [3.63, 3.8) is 0 Å². The highest BCUT2D eigenvalue weighted by atomic mass is 16.3. The molecule has 0 radical (unpaired) electrons. The Balaban J connectivity index is 2.40. The maximum Gasteiger partial charge on any atom is 0.121 e. The highest BCUT2D eigenvalue weighted by molar-refractivity contribution is 5.34. The van der Waals surface area contributed by atoms with Crippen LogP contribution in [-0.4, -0.2) is 14.9 Å². The number of aromatic nitrogens is 2. The summed E-state index contributed by atoms with van der Waals surface area (Å²) >= 11 is 0. The van der Waals surface area contributed by atoms with Crippen LogP contribution in [0.5, 0.6) is 0 Å². The van der Waals surface area contributed by atoms with Crippen LogP contribution in [0.2, 0.25) is 0 Å². The van der Waals surface area contributed by atoms with Crippen molar-refractivity contribution in [3.05, 3.63) is 52.3 Å². The molecule has 2 aromatic rings. The molecule has 3 nitrogen and oxygen atoms in total. The minimum atomic E-state index is -0.606. The molecule has 18 heavy (non-hydrogen) atoms. The van der Waals surface area contributed by atoms with E-state index in [1.54, 1.807) is 0 Å². The van der Waals surface area contributed by atoms with E-state index in [0.717, 1.165) is 23.5 Å². The third kappa shape index (κ3) is 2.31. The maximum atomic E-state index is 10.5. The molecule has 1 unspecified atom stereocenters. The smallest absolute Gasteiger partial charge is 0.121 e. The van der Waals surface area contributed by atoms with Gasteiger partial charge >= 0.3 is 0 Å². The Morgan fingerprint density at radius 2 is 1.89 bits per heavy atom. The van der Waals surface area contributed by atoms with E-state index in [1.807, 2.05) is 42.8 Å². The lowest BCUT2D eigenvalue weighted by atomic mass is 10.0. The highest BCUT2D eigenvalue weighted by Crippen LogP contribution is 2.24. The molecule has 0 aliphatic carbocycles. The zero-order chi connectivity index (χ0) is 13.3. The molecule has 0 spiro atoms. The van der Waals surface area contributed by atoms with Crippen LogP contribution in [0.25, 0.3) is 0 Å². The van der Waals surface area contributed by atoms with E-state index < -0.39 is 6.10 Å². The molecular formula is C15H20N2O. The van der Waals surface area contributed by atoms with Crippen LogP contribution < -0.4 is 0 Å². The fourth-order valence-electron chi connectivity index (χ4n) is 2.14. The van der Waals surface area contributed by atoms with Crippen molar-refractivity contribution in [2.75, 3.05) is 0 Å². The largest absolute Gasteiger partial charge is 0.382 e. The van der Waals surface area contributed by atoms with Crippen LogP contribution >= 0.6 is 0 Å². The summed E-state index contributed by atoms with van der Waals surface area (Å²) in [6.45, 7) is 8.89. The molecule has 0 bridgehead atoms. The average Bonchev–Trinajstić information content (AvgIpc) is 2.73. The number of nitrogens with zero attached hydrogens (tertiary/aromatic N) is 2. The van der Waals surface area contributed by atoms with Gasteiger partial charge in [-0.15, -0.1) is 0 Å². The van der Waals surface area contributed by atoms with Crippen LogP contribution in [0.4, 0.5) is 0 Å². The van der Waals surface area contributed by atoms with Crippen LogP contribution in [0.15, 0.2) is 24.3 Å². The lowest BCUT2D eigenvalue weighted by Gasteiger charge is -2.14. The van der Waals surface area contributed by atoms with E-state index in [1.165, 1.54) is 11.1 Å². The molecule has 0 saturated heterocycles. The average molecular weight is 244 g/mol. The lowest BCUT2D eigenvalue weighted by Crippen LogP contribution is -2.09. The molecule has 0 saturated carbocycles. The first-order valence-corrected chi connectivity index (χ1v) is 6.32. The van der Waals surface area contributed by atoms with Gasteiger partial charge in [-0.3, -0.25) is 4.68 Å². The van der Waals surface area contributed by atoms with Crippen LogP contribution in [0.3, 0.4) is 0 Å². The van der Waals surface area contributed by atoms with Crippen molar-refractivity contribution in [2.45, 2.75) is 40.3 Å². The molecule has 1 aromatic heterocycles. The van der Waals surface area contributed by atoms with E-state index in [9.17, 15) is 5.11 Å². The summed E-state index contributed by atoms with van der Waals surface area (Å²) in [5.41, 5.74) is 5.16. The molecule has 1 atom stereocenters. The zero-order valence-corrected chi connectivity index (χ0v) is 11.4. The quantitative estimate of drug-likeness (QED) is 0.901. The summed E-state index contributed by atoms with van der Waals surface area (Å²) in [5.74, 6) is 0. The number of aliphatic hydroxyl groups is 1.